The Hall–Kier alpha value is -4.29. The molecule has 0 N–H and O–H groups in total. The van der Waals surface area contributed by atoms with Crippen molar-refractivity contribution in [2.24, 2.45) is 0 Å². The van der Waals surface area contributed by atoms with Crippen molar-refractivity contribution in [1.29, 1.82) is 0 Å². The van der Waals surface area contributed by atoms with Crippen molar-refractivity contribution in [3.05, 3.63) is 84.2 Å². The quantitative estimate of drug-likeness (QED) is 0.308. The van der Waals surface area contributed by atoms with Crippen LogP contribution in [0.1, 0.15) is 11.4 Å². The lowest BCUT2D eigenvalue weighted by Crippen LogP contribution is -2.21. The first kappa shape index (κ1) is 24.8. The molecule has 0 saturated carbocycles. The Kier molecular flexibility index (Phi) is 6.73. The number of aromatic nitrogens is 4. The summed E-state index contributed by atoms with van der Waals surface area (Å²) < 4.78 is 91.3. The number of nitrogens with zero attached hydrogens (tertiary/aromatic N) is 4. The smallest absolute Gasteiger partial charge is 0.435 e. The highest BCUT2D eigenvalue weighted by Gasteiger charge is 2.36. The zero-order chi connectivity index (χ0) is 25.9. The Morgan fingerprint density at radius 3 is 1.36 bits per heavy atom. The van der Waals surface area contributed by atoms with Crippen LogP contribution in [0.3, 0.4) is 0 Å². The van der Waals surface area contributed by atoms with Gasteiger partial charge in [0, 0.05) is 12.1 Å². The van der Waals surface area contributed by atoms with E-state index in [9.17, 15) is 31.1 Å². The fourth-order valence-electron chi connectivity index (χ4n) is 3.07. The van der Waals surface area contributed by atoms with Gasteiger partial charge in [-0.25, -0.2) is 9.36 Å². The second kappa shape index (κ2) is 9.76. The first-order valence-electron chi connectivity index (χ1n) is 10.2. The number of Topliss-reactive ketones (excluding diaryl/α,β-unsaturated/α-hetero) is 1. The largest absolute Gasteiger partial charge is 0.469 e. The first-order chi connectivity index (χ1) is 17.0. The van der Waals surface area contributed by atoms with E-state index in [-0.39, 0.29) is 23.1 Å². The van der Waals surface area contributed by atoms with E-state index in [0.717, 1.165) is 9.36 Å². The number of alkyl halides is 6. The molecule has 4 rings (SSSR count). The number of carbonyl (C=O) groups excluding carboxylic acids is 1. The summed E-state index contributed by atoms with van der Waals surface area (Å²) in [4.78, 5) is 12.3. The molecule has 2 aromatic heterocycles. The van der Waals surface area contributed by atoms with Gasteiger partial charge >= 0.3 is 12.4 Å². The van der Waals surface area contributed by atoms with Crippen molar-refractivity contribution < 1.29 is 40.6 Å². The Morgan fingerprint density at radius 1 is 0.667 bits per heavy atom. The zero-order valence-electron chi connectivity index (χ0n) is 18.1. The SMILES string of the molecule is O=C(COc1cc(C(F)(F)F)nn1-c1ccccc1)COc1cc(C(F)(F)F)nn1-c1ccccc1. The zero-order valence-corrected chi connectivity index (χ0v) is 18.1. The van der Waals surface area contributed by atoms with E-state index < -0.39 is 42.7 Å². The van der Waals surface area contributed by atoms with Crippen molar-refractivity contribution in [3.8, 4) is 23.1 Å². The fourth-order valence-corrected chi connectivity index (χ4v) is 3.07. The lowest BCUT2D eigenvalue weighted by Gasteiger charge is -2.10. The van der Waals surface area contributed by atoms with Crippen LogP contribution in [0.5, 0.6) is 11.8 Å². The minimum absolute atomic E-state index is 0.262. The van der Waals surface area contributed by atoms with Crippen LogP contribution in [0.15, 0.2) is 72.8 Å². The number of halogens is 6. The Morgan fingerprint density at radius 2 is 1.03 bits per heavy atom. The highest BCUT2D eigenvalue weighted by molar-refractivity contribution is 5.81. The fraction of sp³-hybridized carbons (Fsp3) is 0.174. The molecule has 0 bridgehead atoms. The van der Waals surface area contributed by atoms with Gasteiger partial charge in [0.1, 0.15) is 0 Å². The van der Waals surface area contributed by atoms with E-state index in [2.05, 4.69) is 10.2 Å². The number of rotatable bonds is 8. The molecular weight excluding hydrogens is 494 g/mol. The van der Waals surface area contributed by atoms with Crippen LogP contribution in [0, 0.1) is 0 Å². The van der Waals surface area contributed by atoms with E-state index in [1.165, 1.54) is 24.3 Å². The van der Waals surface area contributed by atoms with Crippen molar-refractivity contribution in [3.63, 3.8) is 0 Å². The predicted molar refractivity (Wildman–Crippen MR) is 113 cm³/mol. The Balaban J connectivity index is 1.48. The van der Waals surface area contributed by atoms with Gasteiger partial charge < -0.3 is 9.47 Å². The monoisotopic (exact) mass is 510 g/mol. The number of hydrogen-bond donors (Lipinski definition) is 0. The summed E-state index contributed by atoms with van der Waals surface area (Å²) in [6, 6.07) is 16.9. The molecule has 0 aliphatic heterocycles. The van der Waals surface area contributed by atoms with Gasteiger partial charge in [-0.3, -0.25) is 4.79 Å². The maximum atomic E-state index is 13.2. The molecule has 188 valence electrons. The molecule has 13 heteroatoms. The Labute approximate surface area is 199 Å². The van der Waals surface area contributed by atoms with Crippen LogP contribution in [-0.4, -0.2) is 38.6 Å². The summed E-state index contributed by atoms with van der Waals surface area (Å²) in [5.74, 6) is -1.45. The van der Waals surface area contributed by atoms with Gasteiger partial charge in [-0.2, -0.15) is 36.5 Å². The lowest BCUT2D eigenvalue weighted by molar-refractivity contribution is -0.142. The van der Waals surface area contributed by atoms with E-state index in [1.54, 1.807) is 36.4 Å². The van der Waals surface area contributed by atoms with Crippen LogP contribution in [0.25, 0.3) is 11.4 Å². The molecule has 0 spiro atoms. The summed E-state index contributed by atoms with van der Waals surface area (Å²) in [5.41, 5.74) is -1.93. The van der Waals surface area contributed by atoms with Crippen molar-refractivity contribution >= 4 is 5.78 Å². The first-order valence-corrected chi connectivity index (χ1v) is 10.2. The maximum Gasteiger partial charge on any atom is 0.435 e. The molecule has 36 heavy (non-hydrogen) atoms. The molecule has 2 heterocycles. The van der Waals surface area contributed by atoms with E-state index >= 15 is 0 Å². The van der Waals surface area contributed by atoms with Crippen LogP contribution < -0.4 is 9.47 Å². The topological polar surface area (TPSA) is 71.2 Å². The lowest BCUT2D eigenvalue weighted by atomic mass is 10.3. The summed E-state index contributed by atoms with van der Waals surface area (Å²) in [6.07, 6.45) is -9.51. The predicted octanol–water partition coefficient (Wildman–Crippen LogP) is 5.12. The number of ketones is 1. The van der Waals surface area contributed by atoms with Gasteiger partial charge in [0.05, 0.1) is 11.4 Å². The van der Waals surface area contributed by atoms with Crippen molar-refractivity contribution in [2.45, 2.75) is 12.4 Å². The maximum absolute atomic E-state index is 13.2. The standard InChI is InChI=1S/C23H16F6N4O3/c24-22(25,26)18-11-20(32(30-18)15-7-3-1-4-8-15)35-13-17(34)14-36-21-12-19(23(27,28)29)31-33(21)16-9-5-2-6-10-16/h1-12H,13-14H2. The molecule has 0 aliphatic carbocycles. The van der Waals surface area contributed by atoms with Gasteiger partial charge in [-0.1, -0.05) is 36.4 Å². The van der Waals surface area contributed by atoms with Crippen LogP contribution >= 0.6 is 0 Å². The minimum atomic E-state index is -4.75. The number of carbonyl (C=O) groups is 1. The molecule has 0 amide bonds. The normalized spacial score (nSPS) is 11.9. The van der Waals surface area contributed by atoms with Crippen LogP contribution in [0.4, 0.5) is 26.3 Å². The minimum Gasteiger partial charge on any atom is -0.469 e. The third kappa shape index (κ3) is 5.67. The molecule has 0 atom stereocenters. The van der Waals surface area contributed by atoms with Crippen molar-refractivity contribution in [1.82, 2.24) is 19.6 Å². The second-order valence-corrected chi connectivity index (χ2v) is 7.34. The number of para-hydroxylation sites is 2. The van der Waals surface area contributed by atoms with E-state index in [0.29, 0.717) is 12.1 Å². The highest BCUT2D eigenvalue weighted by Crippen LogP contribution is 2.33. The third-order valence-electron chi connectivity index (χ3n) is 4.70. The average molecular weight is 510 g/mol. The molecule has 0 radical (unpaired) electrons. The molecule has 0 unspecified atom stereocenters. The van der Waals surface area contributed by atoms with Crippen LogP contribution in [-0.2, 0) is 17.1 Å². The van der Waals surface area contributed by atoms with E-state index in [4.69, 9.17) is 9.47 Å². The molecule has 0 saturated heterocycles. The van der Waals surface area contributed by atoms with Gasteiger partial charge in [-0.05, 0) is 24.3 Å². The molecular formula is C23H16F6N4O3. The molecule has 4 aromatic rings. The van der Waals surface area contributed by atoms with Gasteiger partial charge in [-0.15, -0.1) is 0 Å². The summed E-state index contributed by atoms with van der Waals surface area (Å²) in [6.45, 7) is -1.44. The second-order valence-electron chi connectivity index (χ2n) is 7.34. The molecule has 0 aliphatic rings. The summed E-state index contributed by atoms with van der Waals surface area (Å²) in [5, 5.41) is 7.00. The molecule has 7 nitrogen and oxygen atoms in total. The number of benzene rings is 2. The summed E-state index contributed by atoms with van der Waals surface area (Å²) in [7, 11) is 0. The van der Waals surface area contributed by atoms with Crippen LogP contribution in [0.2, 0.25) is 0 Å². The number of hydrogen-bond acceptors (Lipinski definition) is 5. The number of ether oxygens (including phenoxy) is 2. The van der Waals surface area contributed by atoms with E-state index in [1.807, 2.05) is 0 Å². The Bertz CT molecular complexity index is 1230. The highest BCUT2D eigenvalue weighted by atomic mass is 19.4. The average Bonchev–Trinajstić information content (AvgIpc) is 3.47. The van der Waals surface area contributed by atoms with Crippen molar-refractivity contribution in [2.75, 3.05) is 13.2 Å². The summed E-state index contributed by atoms with van der Waals surface area (Å²) >= 11 is 0. The van der Waals surface area contributed by atoms with Gasteiger partial charge in [0.15, 0.2) is 24.6 Å². The molecule has 2 aromatic carbocycles. The van der Waals surface area contributed by atoms with Gasteiger partial charge in [0.2, 0.25) is 17.5 Å². The van der Waals surface area contributed by atoms with Gasteiger partial charge in [0.25, 0.3) is 0 Å². The molecule has 0 fully saturated rings. The third-order valence-corrected chi connectivity index (χ3v) is 4.70.